The molecular formula is C25H29NO4S. The van der Waals surface area contributed by atoms with Gasteiger partial charge in [-0.1, -0.05) is 39.0 Å². The van der Waals surface area contributed by atoms with E-state index >= 15 is 0 Å². The van der Waals surface area contributed by atoms with Gasteiger partial charge in [-0.15, -0.1) is 11.3 Å². The van der Waals surface area contributed by atoms with Crippen molar-refractivity contribution in [2.24, 2.45) is 0 Å². The molecule has 2 saturated heterocycles. The summed E-state index contributed by atoms with van der Waals surface area (Å²) in [5.74, 6) is -1.30. The van der Waals surface area contributed by atoms with Gasteiger partial charge in [-0.3, -0.25) is 9.59 Å². The summed E-state index contributed by atoms with van der Waals surface area (Å²) in [7, 11) is 0. The van der Waals surface area contributed by atoms with Gasteiger partial charge in [0.25, 0.3) is 11.7 Å². The Bertz CT molecular complexity index is 1030. The molecule has 0 radical (unpaired) electrons. The highest BCUT2D eigenvalue weighted by Gasteiger charge is 2.47. The van der Waals surface area contributed by atoms with Gasteiger partial charge in [0, 0.05) is 23.6 Å². The molecule has 1 amide bonds. The number of carbonyl (C=O) groups excluding carboxylic acids is 2. The van der Waals surface area contributed by atoms with E-state index in [-0.39, 0.29) is 22.9 Å². The maximum atomic E-state index is 13.2. The first kappa shape index (κ1) is 21.8. The standard InChI is InChI=1S/C25H29NO4S/c1-15-9-10-16(25(2,3)4)13-18(15)22(27)20-21(19-8-6-12-31-19)26(24(29)23(20)28)14-17-7-5-11-30-17/h6,8-10,12-13,17,21,27H,5,7,11,14H2,1-4H3/b22-20+. The number of rotatable bonds is 4. The third-order valence-corrected chi connectivity index (χ3v) is 7.06. The first-order valence-electron chi connectivity index (χ1n) is 10.7. The van der Waals surface area contributed by atoms with Gasteiger partial charge in [0.05, 0.1) is 17.7 Å². The zero-order valence-electron chi connectivity index (χ0n) is 18.5. The van der Waals surface area contributed by atoms with E-state index in [0.29, 0.717) is 18.7 Å². The number of ether oxygens (including phenoxy) is 1. The smallest absolute Gasteiger partial charge is 0.295 e. The van der Waals surface area contributed by atoms with Crippen LogP contribution in [0.3, 0.4) is 0 Å². The third kappa shape index (κ3) is 4.06. The molecule has 1 N–H and O–H groups in total. The fourth-order valence-electron chi connectivity index (χ4n) is 4.31. The quantitative estimate of drug-likeness (QED) is 0.416. The molecule has 164 valence electrons. The fraction of sp³-hybridized carbons (Fsp3) is 0.440. The number of hydrogen-bond donors (Lipinski definition) is 1. The number of aliphatic hydroxyl groups is 1. The lowest BCUT2D eigenvalue weighted by molar-refractivity contribution is -0.140. The van der Waals surface area contributed by atoms with Crippen molar-refractivity contribution in [3.8, 4) is 0 Å². The molecule has 2 unspecified atom stereocenters. The number of aryl methyl sites for hydroxylation is 1. The second-order valence-corrected chi connectivity index (χ2v) is 10.4. The molecule has 1 aromatic heterocycles. The molecular weight excluding hydrogens is 410 g/mol. The molecule has 31 heavy (non-hydrogen) atoms. The molecule has 5 nitrogen and oxygen atoms in total. The first-order chi connectivity index (χ1) is 14.7. The third-order valence-electron chi connectivity index (χ3n) is 6.14. The SMILES string of the molecule is Cc1ccc(C(C)(C)C)cc1/C(O)=C1\C(=O)C(=O)N(CC2CCCO2)C1c1cccs1. The zero-order valence-corrected chi connectivity index (χ0v) is 19.3. The average molecular weight is 440 g/mol. The Morgan fingerprint density at radius 3 is 2.65 bits per heavy atom. The van der Waals surface area contributed by atoms with Gasteiger partial charge in [0.15, 0.2) is 0 Å². The highest BCUT2D eigenvalue weighted by atomic mass is 32.1. The summed E-state index contributed by atoms with van der Waals surface area (Å²) in [6, 6.07) is 9.15. The van der Waals surface area contributed by atoms with Crippen molar-refractivity contribution in [2.45, 2.75) is 58.1 Å². The minimum absolute atomic E-state index is 0.0772. The largest absolute Gasteiger partial charge is 0.507 e. The Morgan fingerprint density at radius 1 is 1.26 bits per heavy atom. The molecule has 0 bridgehead atoms. The van der Waals surface area contributed by atoms with Crippen molar-refractivity contribution in [2.75, 3.05) is 13.2 Å². The van der Waals surface area contributed by atoms with E-state index in [1.807, 2.05) is 42.6 Å². The Balaban J connectivity index is 1.84. The molecule has 0 aliphatic carbocycles. The lowest BCUT2D eigenvalue weighted by Gasteiger charge is -2.26. The van der Waals surface area contributed by atoms with E-state index in [0.717, 1.165) is 28.8 Å². The number of likely N-dealkylation sites (tertiary alicyclic amines) is 1. The van der Waals surface area contributed by atoms with Crippen LogP contribution in [-0.4, -0.2) is 41.0 Å². The van der Waals surface area contributed by atoms with E-state index in [1.54, 1.807) is 4.90 Å². The van der Waals surface area contributed by atoms with Crippen LogP contribution in [0, 0.1) is 6.92 Å². The summed E-state index contributed by atoms with van der Waals surface area (Å²) in [5, 5.41) is 13.3. The van der Waals surface area contributed by atoms with Crippen LogP contribution in [0.15, 0.2) is 41.3 Å². The van der Waals surface area contributed by atoms with Crippen LogP contribution in [0.4, 0.5) is 0 Å². The van der Waals surface area contributed by atoms with Gasteiger partial charge < -0.3 is 14.7 Å². The van der Waals surface area contributed by atoms with E-state index in [1.165, 1.54) is 11.3 Å². The van der Waals surface area contributed by atoms with Crippen molar-refractivity contribution in [1.82, 2.24) is 4.90 Å². The number of nitrogens with zero attached hydrogens (tertiary/aromatic N) is 1. The van der Waals surface area contributed by atoms with Gasteiger partial charge >= 0.3 is 0 Å². The maximum Gasteiger partial charge on any atom is 0.295 e. The molecule has 2 fully saturated rings. The van der Waals surface area contributed by atoms with Crippen LogP contribution < -0.4 is 0 Å². The zero-order chi connectivity index (χ0) is 22.3. The number of benzene rings is 1. The lowest BCUT2D eigenvalue weighted by atomic mass is 9.84. The molecule has 6 heteroatoms. The number of amides is 1. The minimum atomic E-state index is -0.630. The second kappa shape index (κ2) is 8.24. The Hall–Kier alpha value is -2.44. The van der Waals surface area contributed by atoms with Gasteiger partial charge in [0.2, 0.25) is 0 Å². The summed E-state index contributed by atoms with van der Waals surface area (Å²) in [4.78, 5) is 28.6. The highest BCUT2D eigenvalue weighted by Crippen LogP contribution is 2.42. The van der Waals surface area contributed by atoms with Crippen molar-refractivity contribution >= 4 is 28.8 Å². The predicted molar refractivity (Wildman–Crippen MR) is 122 cm³/mol. The molecule has 4 rings (SSSR count). The summed E-state index contributed by atoms with van der Waals surface area (Å²) in [5.41, 5.74) is 2.58. The van der Waals surface area contributed by atoms with Crippen LogP contribution in [0.25, 0.3) is 5.76 Å². The number of aliphatic hydroxyl groups excluding tert-OH is 1. The lowest BCUT2D eigenvalue weighted by Crippen LogP contribution is -2.36. The molecule has 2 atom stereocenters. The Morgan fingerprint density at radius 2 is 2.03 bits per heavy atom. The number of Topliss-reactive ketones (excluding diaryl/α,β-unsaturated/α-hetero) is 1. The molecule has 2 aliphatic heterocycles. The average Bonchev–Trinajstić information content (AvgIpc) is 3.46. The minimum Gasteiger partial charge on any atom is -0.507 e. The predicted octanol–water partition coefficient (Wildman–Crippen LogP) is 4.95. The van der Waals surface area contributed by atoms with Crippen LogP contribution >= 0.6 is 11.3 Å². The second-order valence-electron chi connectivity index (χ2n) is 9.38. The normalized spacial score (nSPS) is 23.7. The monoisotopic (exact) mass is 439 g/mol. The van der Waals surface area contributed by atoms with Crippen molar-refractivity contribution in [3.05, 3.63) is 62.9 Å². The number of thiophene rings is 1. The molecule has 1 aromatic carbocycles. The van der Waals surface area contributed by atoms with E-state index in [9.17, 15) is 14.7 Å². The first-order valence-corrected chi connectivity index (χ1v) is 11.6. The Labute approximate surface area is 187 Å². The van der Waals surface area contributed by atoms with Crippen LogP contribution in [0.5, 0.6) is 0 Å². The number of hydrogen-bond acceptors (Lipinski definition) is 5. The number of carbonyl (C=O) groups is 2. The van der Waals surface area contributed by atoms with Gasteiger partial charge in [-0.05, 0) is 53.8 Å². The molecule has 0 saturated carbocycles. The van der Waals surface area contributed by atoms with Crippen LogP contribution in [0.1, 0.15) is 61.2 Å². The van der Waals surface area contributed by atoms with E-state index in [2.05, 4.69) is 20.8 Å². The van der Waals surface area contributed by atoms with Gasteiger partial charge in [0.1, 0.15) is 5.76 Å². The Kier molecular flexibility index (Phi) is 5.79. The molecule has 2 aromatic rings. The topological polar surface area (TPSA) is 66.8 Å². The molecule has 2 aliphatic rings. The van der Waals surface area contributed by atoms with Gasteiger partial charge in [-0.25, -0.2) is 0 Å². The van der Waals surface area contributed by atoms with Crippen molar-refractivity contribution < 1.29 is 19.4 Å². The molecule has 0 spiro atoms. The van der Waals surface area contributed by atoms with Crippen molar-refractivity contribution in [3.63, 3.8) is 0 Å². The summed E-state index contributed by atoms with van der Waals surface area (Å²) in [6.07, 6.45) is 1.75. The highest BCUT2D eigenvalue weighted by molar-refractivity contribution is 7.10. The summed E-state index contributed by atoms with van der Waals surface area (Å²) in [6.45, 7) is 9.25. The maximum absolute atomic E-state index is 13.2. The summed E-state index contributed by atoms with van der Waals surface area (Å²) >= 11 is 1.48. The van der Waals surface area contributed by atoms with Gasteiger partial charge in [-0.2, -0.15) is 0 Å². The summed E-state index contributed by atoms with van der Waals surface area (Å²) < 4.78 is 5.74. The van der Waals surface area contributed by atoms with E-state index < -0.39 is 17.7 Å². The van der Waals surface area contributed by atoms with Crippen LogP contribution in [0.2, 0.25) is 0 Å². The van der Waals surface area contributed by atoms with E-state index in [4.69, 9.17) is 4.74 Å². The fourth-order valence-corrected chi connectivity index (χ4v) is 5.15. The van der Waals surface area contributed by atoms with Crippen molar-refractivity contribution in [1.29, 1.82) is 0 Å². The molecule has 3 heterocycles. The number of ketones is 1. The van der Waals surface area contributed by atoms with Crippen LogP contribution in [-0.2, 0) is 19.7 Å².